The molecule has 1 aliphatic rings. The van der Waals surface area contributed by atoms with Crippen molar-refractivity contribution in [2.45, 2.75) is 12.8 Å². The lowest BCUT2D eigenvalue weighted by Gasteiger charge is -2.30. The predicted molar refractivity (Wildman–Crippen MR) is 71.2 cm³/mol. The van der Waals surface area contributed by atoms with Crippen molar-refractivity contribution in [2.75, 3.05) is 31.6 Å². The average molecular weight is 284 g/mol. The van der Waals surface area contributed by atoms with E-state index in [0.29, 0.717) is 19.0 Å². The van der Waals surface area contributed by atoms with Crippen LogP contribution in [0.4, 0.5) is 14.5 Å². The number of para-hydroxylation sites is 1. The molecular formula is C14H18F2N2O2. The van der Waals surface area contributed by atoms with Gasteiger partial charge in [-0.25, -0.2) is 8.78 Å². The SMILES string of the molecule is O=C(CN1CCC(CO)CC1)Nc1c(F)cccc1F. The van der Waals surface area contributed by atoms with E-state index in [-0.39, 0.29) is 13.2 Å². The fourth-order valence-corrected chi connectivity index (χ4v) is 2.33. The van der Waals surface area contributed by atoms with Crippen molar-refractivity contribution in [1.29, 1.82) is 0 Å². The van der Waals surface area contributed by atoms with Crippen LogP contribution in [0.3, 0.4) is 0 Å². The molecule has 1 aromatic carbocycles. The second-order valence-electron chi connectivity index (χ2n) is 5.05. The molecule has 0 bridgehead atoms. The monoisotopic (exact) mass is 284 g/mol. The number of aliphatic hydroxyl groups excluding tert-OH is 1. The Kier molecular flexibility index (Phi) is 5.03. The fourth-order valence-electron chi connectivity index (χ4n) is 2.33. The molecule has 4 nitrogen and oxygen atoms in total. The number of nitrogens with one attached hydrogen (secondary N) is 1. The summed E-state index contributed by atoms with van der Waals surface area (Å²) in [7, 11) is 0. The van der Waals surface area contributed by atoms with E-state index in [1.54, 1.807) is 0 Å². The number of hydrogen-bond donors (Lipinski definition) is 2. The molecule has 110 valence electrons. The van der Waals surface area contributed by atoms with Crippen LogP contribution in [0.2, 0.25) is 0 Å². The van der Waals surface area contributed by atoms with E-state index in [1.807, 2.05) is 4.90 Å². The second kappa shape index (κ2) is 6.76. The van der Waals surface area contributed by atoms with E-state index in [4.69, 9.17) is 5.11 Å². The van der Waals surface area contributed by atoms with Crippen molar-refractivity contribution in [3.8, 4) is 0 Å². The zero-order valence-corrected chi connectivity index (χ0v) is 11.1. The van der Waals surface area contributed by atoms with Gasteiger partial charge in [-0.05, 0) is 44.0 Å². The van der Waals surface area contributed by atoms with E-state index in [1.165, 1.54) is 6.07 Å². The normalized spacial score (nSPS) is 17.1. The molecule has 1 aliphatic heterocycles. The van der Waals surface area contributed by atoms with Crippen LogP contribution < -0.4 is 5.32 Å². The second-order valence-corrected chi connectivity index (χ2v) is 5.05. The summed E-state index contributed by atoms with van der Waals surface area (Å²) in [4.78, 5) is 13.7. The molecule has 2 rings (SSSR count). The van der Waals surface area contributed by atoms with Crippen LogP contribution >= 0.6 is 0 Å². The molecule has 0 radical (unpaired) electrons. The largest absolute Gasteiger partial charge is 0.396 e. The maximum Gasteiger partial charge on any atom is 0.238 e. The summed E-state index contributed by atoms with van der Waals surface area (Å²) < 4.78 is 26.8. The van der Waals surface area contributed by atoms with E-state index in [2.05, 4.69) is 5.32 Å². The minimum absolute atomic E-state index is 0.103. The number of rotatable bonds is 4. The molecule has 0 spiro atoms. The summed E-state index contributed by atoms with van der Waals surface area (Å²) in [6, 6.07) is 3.46. The van der Waals surface area contributed by atoms with Gasteiger partial charge in [0.25, 0.3) is 0 Å². The Balaban J connectivity index is 1.87. The lowest BCUT2D eigenvalue weighted by atomic mass is 9.98. The number of halogens is 2. The Labute approximate surface area is 116 Å². The fraction of sp³-hybridized carbons (Fsp3) is 0.500. The number of amides is 1. The quantitative estimate of drug-likeness (QED) is 0.883. The summed E-state index contributed by atoms with van der Waals surface area (Å²) in [5.74, 6) is -1.70. The van der Waals surface area contributed by atoms with Crippen LogP contribution in [0.15, 0.2) is 18.2 Å². The Hall–Kier alpha value is -1.53. The molecule has 1 aromatic rings. The van der Waals surface area contributed by atoms with E-state index in [9.17, 15) is 13.6 Å². The molecule has 20 heavy (non-hydrogen) atoms. The molecule has 1 amide bonds. The van der Waals surface area contributed by atoms with Gasteiger partial charge in [-0.3, -0.25) is 9.69 Å². The number of anilines is 1. The molecule has 0 aromatic heterocycles. The van der Waals surface area contributed by atoms with Crippen molar-refractivity contribution in [3.05, 3.63) is 29.8 Å². The molecule has 0 saturated carbocycles. The van der Waals surface area contributed by atoms with Crippen molar-refractivity contribution < 1.29 is 18.7 Å². The highest BCUT2D eigenvalue weighted by Crippen LogP contribution is 2.19. The van der Waals surface area contributed by atoms with E-state index in [0.717, 1.165) is 25.0 Å². The molecule has 1 fully saturated rings. The van der Waals surface area contributed by atoms with Crippen LogP contribution in [-0.4, -0.2) is 42.2 Å². The highest BCUT2D eigenvalue weighted by molar-refractivity contribution is 5.92. The summed E-state index contributed by atoms with van der Waals surface area (Å²) >= 11 is 0. The molecular weight excluding hydrogens is 266 g/mol. The van der Waals surface area contributed by atoms with Crippen LogP contribution in [-0.2, 0) is 4.79 Å². The molecule has 1 saturated heterocycles. The lowest BCUT2D eigenvalue weighted by Crippen LogP contribution is -2.40. The molecule has 0 unspecified atom stereocenters. The molecule has 6 heteroatoms. The summed E-state index contributed by atoms with van der Waals surface area (Å²) in [6.07, 6.45) is 1.66. The Morgan fingerprint density at radius 1 is 1.30 bits per heavy atom. The molecule has 1 heterocycles. The maximum absolute atomic E-state index is 13.4. The molecule has 0 atom stereocenters. The van der Waals surface area contributed by atoms with Gasteiger partial charge in [0.2, 0.25) is 5.91 Å². The standard InChI is InChI=1S/C14H18F2N2O2/c15-11-2-1-3-12(16)14(11)17-13(20)8-18-6-4-10(9-19)5-7-18/h1-3,10,19H,4-9H2,(H,17,20). The van der Waals surface area contributed by atoms with Gasteiger partial charge in [0.15, 0.2) is 0 Å². The smallest absolute Gasteiger partial charge is 0.238 e. The lowest BCUT2D eigenvalue weighted by molar-refractivity contribution is -0.117. The predicted octanol–water partition coefficient (Wildman–Crippen LogP) is 1.61. The topological polar surface area (TPSA) is 52.6 Å². The number of hydrogen-bond acceptors (Lipinski definition) is 3. The number of nitrogens with zero attached hydrogens (tertiary/aromatic N) is 1. The first kappa shape index (κ1) is 14.9. The van der Waals surface area contributed by atoms with E-state index >= 15 is 0 Å². The van der Waals surface area contributed by atoms with Gasteiger partial charge in [-0.15, -0.1) is 0 Å². The van der Waals surface area contributed by atoms with E-state index < -0.39 is 23.2 Å². The van der Waals surface area contributed by atoms with Gasteiger partial charge < -0.3 is 10.4 Å². The van der Waals surface area contributed by atoms with Crippen LogP contribution in [0, 0.1) is 17.6 Å². The summed E-state index contributed by atoms with van der Waals surface area (Å²) in [6.45, 7) is 1.68. The zero-order valence-electron chi connectivity index (χ0n) is 11.1. The molecule has 2 N–H and O–H groups in total. The third-order valence-corrected chi connectivity index (χ3v) is 3.56. The van der Waals surface area contributed by atoms with Gasteiger partial charge in [-0.2, -0.15) is 0 Å². The minimum atomic E-state index is -0.780. The van der Waals surface area contributed by atoms with Gasteiger partial charge in [0.1, 0.15) is 17.3 Å². The van der Waals surface area contributed by atoms with Crippen LogP contribution in [0.1, 0.15) is 12.8 Å². The van der Waals surface area contributed by atoms with Gasteiger partial charge in [-0.1, -0.05) is 6.07 Å². The van der Waals surface area contributed by atoms with Gasteiger partial charge >= 0.3 is 0 Å². The van der Waals surface area contributed by atoms with Crippen LogP contribution in [0.25, 0.3) is 0 Å². The number of carbonyl (C=O) groups excluding carboxylic acids is 1. The van der Waals surface area contributed by atoms with Crippen molar-refractivity contribution in [3.63, 3.8) is 0 Å². The zero-order chi connectivity index (χ0) is 14.5. The number of carbonyl (C=O) groups is 1. The Morgan fingerprint density at radius 3 is 2.45 bits per heavy atom. The third kappa shape index (κ3) is 3.74. The number of piperidine rings is 1. The van der Waals surface area contributed by atoms with Crippen LogP contribution in [0.5, 0.6) is 0 Å². The van der Waals surface area contributed by atoms with Crippen molar-refractivity contribution in [2.24, 2.45) is 5.92 Å². The average Bonchev–Trinajstić information content (AvgIpc) is 2.44. The van der Waals surface area contributed by atoms with Crippen molar-refractivity contribution >= 4 is 11.6 Å². The third-order valence-electron chi connectivity index (χ3n) is 3.56. The van der Waals surface area contributed by atoms with Gasteiger partial charge in [0, 0.05) is 6.61 Å². The maximum atomic E-state index is 13.4. The number of aliphatic hydroxyl groups is 1. The summed E-state index contributed by atoms with van der Waals surface area (Å²) in [5.41, 5.74) is -0.400. The first-order valence-corrected chi connectivity index (χ1v) is 6.67. The summed E-state index contributed by atoms with van der Waals surface area (Å²) in [5, 5.41) is 11.3. The number of likely N-dealkylation sites (tertiary alicyclic amines) is 1. The Bertz CT molecular complexity index is 454. The number of benzene rings is 1. The first-order chi connectivity index (χ1) is 9.60. The highest BCUT2D eigenvalue weighted by atomic mass is 19.1. The van der Waals surface area contributed by atoms with Gasteiger partial charge in [0.05, 0.1) is 6.54 Å². The first-order valence-electron chi connectivity index (χ1n) is 6.67. The minimum Gasteiger partial charge on any atom is -0.396 e. The Morgan fingerprint density at radius 2 is 1.90 bits per heavy atom. The molecule has 0 aliphatic carbocycles. The van der Waals surface area contributed by atoms with Crippen molar-refractivity contribution in [1.82, 2.24) is 4.90 Å². The highest BCUT2D eigenvalue weighted by Gasteiger charge is 2.21.